The minimum Gasteiger partial charge on any atom is -0.508 e. The first-order chi connectivity index (χ1) is 15.8. The average molecular weight is 475 g/mol. The highest BCUT2D eigenvalue weighted by Gasteiger charge is 2.34. The zero-order valence-electron chi connectivity index (χ0n) is 18.7. The van der Waals surface area contributed by atoms with Gasteiger partial charge in [-0.25, -0.2) is 4.79 Å². The van der Waals surface area contributed by atoms with Crippen molar-refractivity contribution >= 4 is 22.6 Å². The number of hydrogen-bond donors (Lipinski definition) is 3. The highest BCUT2D eigenvalue weighted by atomic mass is 19.4. The van der Waals surface area contributed by atoms with Crippen molar-refractivity contribution in [2.45, 2.75) is 39.6 Å². The topological polar surface area (TPSA) is 95.9 Å². The van der Waals surface area contributed by atoms with Crippen molar-refractivity contribution in [3.63, 3.8) is 0 Å². The van der Waals surface area contributed by atoms with Crippen molar-refractivity contribution in [3.05, 3.63) is 71.3 Å². The standard InChI is InChI=1S/C25H24F3NO5/c1-24(2,3)21(23(32)33)29-22(31)19-10-6-15-12-17(30)9-11-18(15)20(19)34-13-14-4-7-16(8-5-14)25(26,27)28/h4-12,21,30H,13H2,1-3H3,(H,29,31)(H,32,33). The Morgan fingerprint density at radius 2 is 1.65 bits per heavy atom. The number of hydrogen-bond acceptors (Lipinski definition) is 4. The fourth-order valence-electron chi connectivity index (χ4n) is 3.43. The number of aliphatic carboxylic acids is 1. The van der Waals surface area contributed by atoms with E-state index < -0.39 is 35.1 Å². The molecule has 34 heavy (non-hydrogen) atoms. The zero-order valence-corrected chi connectivity index (χ0v) is 18.7. The summed E-state index contributed by atoms with van der Waals surface area (Å²) in [4.78, 5) is 24.8. The van der Waals surface area contributed by atoms with Gasteiger partial charge in [-0.05, 0) is 52.8 Å². The van der Waals surface area contributed by atoms with E-state index in [9.17, 15) is 33.0 Å². The van der Waals surface area contributed by atoms with Crippen LogP contribution in [0.5, 0.6) is 11.5 Å². The maximum atomic E-state index is 13.1. The molecule has 0 heterocycles. The third kappa shape index (κ3) is 5.59. The molecule has 0 saturated heterocycles. The SMILES string of the molecule is CC(C)(C)C(NC(=O)c1ccc2cc(O)ccc2c1OCc1ccc(C(F)(F)F)cc1)C(=O)O. The van der Waals surface area contributed by atoms with Gasteiger partial charge in [0.05, 0.1) is 11.1 Å². The number of phenols is 1. The van der Waals surface area contributed by atoms with Crippen molar-refractivity contribution in [1.29, 1.82) is 0 Å². The van der Waals surface area contributed by atoms with Gasteiger partial charge in [-0.1, -0.05) is 39.0 Å². The Labute approximate surface area is 194 Å². The van der Waals surface area contributed by atoms with Crippen LogP contribution in [0.1, 0.15) is 42.3 Å². The second-order valence-corrected chi connectivity index (χ2v) is 8.94. The van der Waals surface area contributed by atoms with Crippen molar-refractivity contribution < 1.29 is 37.7 Å². The summed E-state index contributed by atoms with van der Waals surface area (Å²) in [6.07, 6.45) is -4.46. The van der Waals surface area contributed by atoms with Gasteiger partial charge < -0.3 is 20.3 Å². The molecular weight excluding hydrogens is 451 g/mol. The van der Waals surface area contributed by atoms with Gasteiger partial charge >= 0.3 is 12.1 Å². The highest BCUT2D eigenvalue weighted by Crippen LogP contribution is 2.34. The van der Waals surface area contributed by atoms with E-state index in [1.54, 1.807) is 32.9 Å². The van der Waals surface area contributed by atoms with E-state index in [0.29, 0.717) is 16.3 Å². The van der Waals surface area contributed by atoms with Gasteiger partial charge in [-0.15, -0.1) is 0 Å². The van der Waals surface area contributed by atoms with Crippen molar-refractivity contribution in [3.8, 4) is 11.5 Å². The molecule has 0 aliphatic rings. The van der Waals surface area contributed by atoms with Crippen LogP contribution in [0.15, 0.2) is 54.6 Å². The van der Waals surface area contributed by atoms with Crippen LogP contribution >= 0.6 is 0 Å². The second-order valence-electron chi connectivity index (χ2n) is 8.94. The molecular formula is C25H24F3NO5. The van der Waals surface area contributed by atoms with E-state index >= 15 is 0 Å². The third-order valence-electron chi connectivity index (χ3n) is 5.25. The second kappa shape index (κ2) is 9.24. The predicted octanol–water partition coefficient (Wildman–Crippen LogP) is 5.37. The van der Waals surface area contributed by atoms with Crippen LogP contribution in [0.25, 0.3) is 10.8 Å². The fourth-order valence-corrected chi connectivity index (χ4v) is 3.43. The van der Waals surface area contributed by atoms with Gasteiger partial charge in [0.15, 0.2) is 0 Å². The van der Waals surface area contributed by atoms with Gasteiger partial charge in [0.2, 0.25) is 0 Å². The van der Waals surface area contributed by atoms with E-state index in [1.807, 2.05) is 0 Å². The summed E-state index contributed by atoms with van der Waals surface area (Å²) in [6, 6.07) is 10.7. The molecule has 0 aromatic heterocycles. The van der Waals surface area contributed by atoms with Gasteiger partial charge in [0, 0.05) is 5.39 Å². The number of benzene rings is 3. The van der Waals surface area contributed by atoms with E-state index in [2.05, 4.69) is 5.32 Å². The summed E-state index contributed by atoms with van der Waals surface area (Å²) < 4.78 is 44.4. The molecule has 6 nitrogen and oxygen atoms in total. The Bertz CT molecular complexity index is 1210. The molecule has 1 amide bonds. The van der Waals surface area contributed by atoms with Crippen molar-refractivity contribution in [2.75, 3.05) is 0 Å². The number of alkyl halides is 3. The van der Waals surface area contributed by atoms with E-state index in [0.717, 1.165) is 12.1 Å². The molecule has 0 aliphatic heterocycles. The molecule has 0 saturated carbocycles. The summed E-state index contributed by atoms with van der Waals surface area (Å²) >= 11 is 0. The van der Waals surface area contributed by atoms with Crippen molar-refractivity contribution in [1.82, 2.24) is 5.32 Å². The number of carboxylic acid groups (broad SMARTS) is 1. The molecule has 3 aromatic carbocycles. The Morgan fingerprint density at radius 1 is 1.00 bits per heavy atom. The minimum absolute atomic E-state index is 0.00272. The maximum Gasteiger partial charge on any atom is 0.416 e. The number of carboxylic acids is 1. The first-order valence-electron chi connectivity index (χ1n) is 10.4. The van der Waals surface area contributed by atoms with Crippen LogP contribution < -0.4 is 10.1 Å². The smallest absolute Gasteiger partial charge is 0.416 e. The third-order valence-corrected chi connectivity index (χ3v) is 5.25. The number of phenolic OH excluding ortho intramolecular Hbond substituents is 1. The molecule has 9 heteroatoms. The highest BCUT2D eigenvalue weighted by molar-refractivity contribution is 6.05. The number of halogens is 3. The van der Waals surface area contributed by atoms with Gasteiger partial charge in [-0.2, -0.15) is 13.2 Å². The number of aromatic hydroxyl groups is 1. The lowest BCUT2D eigenvalue weighted by Crippen LogP contribution is -2.49. The fraction of sp³-hybridized carbons (Fsp3) is 0.280. The first-order valence-corrected chi connectivity index (χ1v) is 10.4. The lowest BCUT2D eigenvalue weighted by molar-refractivity contribution is -0.142. The molecule has 1 atom stereocenters. The van der Waals surface area contributed by atoms with Gasteiger partial charge in [0.25, 0.3) is 5.91 Å². The Balaban J connectivity index is 1.97. The quantitative estimate of drug-likeness (QED) is 0.445. The van der Waals surface area contributed by atoms with Crippen molar-refractivity contribution in [2.24, 2.45) is 5.41 Å². The van der Waals surface area contributed by atoms with E-state index in [1.165, 1.54) is 30.3 Å². The minimum atomic E-state index is -4.46. The number of fused-ring (bicyclic) bond motifs is 1. The van der Waals surface area contributed by atoms with Crippen LogP contribution in [-0.2, 0) is 17.6 Å². The number of rotatable bonds is 6. The summed E-state index contributed by atoms with van der Waals surface area (Å²) in [7, 11) is 0. The summed E-state index contributed by atoms with van der Waals surface area (Å²) in [5.41, 5.74) is -1.07. The monoisotopic (exact) mass is 475 g/mol. The predicted molar refractivity (Wildman–Crippen MR) is 120 cm³/mol. The lowest BCUT2D eigenvalue weighted by Gasteiger charge is -2.28. The zero-order chi connectivity index (χ0) is 25.3. The maximum absolute atomic E-state index is 13.1. The molecule has 3 rings (SSSR count). The van der Waals surface area contributed by atoms with Crippen LogP contribution in [-0.4, -0.2) is 28.1 Å². The van der Waals surface area contributed by atoms with Gasteiger partial charge in [0.1, 0.15) is 24.1 Å². The number of nitrogens with one attached hydrogen (secondary N) is 1. The first kappa shape index (κ1) is 24.9. The average Bonchev–Trinajstić information content (AvgIpc) is 2.74. The molecule has 180 valence electrons. The number of carbonyl (C=O) groups excluding carboxylic acids is 1. The Morgan fingerprint density at radius 3 is 2.21 bits per heavy atom. The summed E-state index contributed by atoms with van der Waals surface area (Å²) in [5.74, 6) is -1.76. The van der Waals surface area contributed by atoms with E-state index in [4.69, 9.17) is 4.74 Å². The molecule has 0 radical (unpaired) electrons. The van der Waals surface area contributed by atoms with E-state index in [-0.39, 0.29) is 23.7 Å². The van der Waals surface area contributed by atoms with Crippen LogP contribution in [0.3, 0.4) is 0 Å². The molecule has 0 fully saturated rings. The Hall–Kier alpha value is -3.75. The molecule has 0 spiro atoms. The summed E-state index contributed by atoms with van der Waals surface area (Å²) in [6.45, 7) is 4.89. The molecule has 0 bridgehead atoms. The van der Waals surface area contributed by atoms with Crippen LogP contribution in [0, 0.1) is 5.41 Å². The molecule has 0 aliphatic carbocycles. The molecule has 3 aromatic rings. The normalized spacial score (nSPS) is 12.9. The molecule has 3 N–H and O–H groups in total. The number of amides is 1. The lowest BCUT2D eigenvalue weighted by atomic mass is 9.86. The van der Waals surface area contributed by atoms with Crippen LogP contribution in [0.4, 0.5) is 13.2 Å². The van der Waals surface area contributed by atoms with Crippen LogP contribution in [0.2, 0.25) is 0 Å². The number of carbonyl (C=O) groups is 2. The largest absolute Gasteiger partial charge is 0.508 e. The van der Waals surface area contributed by atoms with Gasteiger partial charge in [-0.3, -0.25) is 4.79 Å². The Kier molecular flexibility index (Phi) is 6.77. The molecule has 1 unspecified atom stereocenters. The summed E-state index contributed by atoms with van der Waals surface area (Å²) in [5, 5.41) is 22.9. The number of ether oxygens (including phenoxy) is 1.